The molecule has 3 nitrogen and oxygen atoms in total. The number of rotatable bonds is 6. The lowest BCUT2D eigenvalue weighted by Gasteiger charge is -2.19. The van der Waals surface area contributed by atoms with Crippen LogP contribution in [-0.4, -0.2) is 23.8 Å². The topological polar surface area (TPSA) is 44.5 Å². The first-order valence-corrected chi connectivity index (χ1v) is 6.50. The van der Waals surface area contributed by atoms with E-state index in [0.29, 0.717) is 24.3 Å². The Bertz CT molecular complexity index is 444. The molecule has 0 bridgehead atoms. The van der Waals surface area contributed by atoms with Crippen molar-refractivity contribution in [2.24, 2.45) is 5.73 Å². The minimum atomic E-state index is -0.329. The van der Waals surface area contributed by atoms with Crippen LogP contribution >= 0.6 is 12.2 Å². The summed E-state index contributed by atoms with van der Waals surface area (Å²) in [6.45, 7) is 7.11. The van der Waals surface area contributed by atoms with E-state index < -0.39 is 0 Å². The van der Waals surface area contributed by atoms with Gasteiger partial charge in [0, 0.05) is 5.56 Å². The van der Waals surface area contributed by atoms with Crippen molar-refractivity contribution < 1.29 is 13.9 Å². The Hall–Kier alpha value is -1.04. The van der Waals surface area contributed by atoms with Crippen molar-refractivity contribution in [3.8, 4) is 0 Å². The predicted octanol–water partition coefficient (Wildman–Crippen LogP) is 2.79. The lowest BCUT2D eigenvalue weighted by molar-refractivity contribution is -0.0377. The summed E-state index contributed by atoms with van der Waals surface area (Å²) in [6, 6.07) is 4.29. The molecule has 1 rings (SSSR count). The van der Waals surface area contributed by atoms with E-state index in [9.17, 15) is 4.39 Å². The summed E-state index contributed by atoms with van der Waals surface area (Å²) in [5, 5.41) is 0. The van der Waals surface area contributed by atoms with E-state index in [1.54, 1.807) is 6.07 Å². The molecule has 0 radical (unpaired) electrons. The highest BCUT2D eigenvalue weighted by atomic mass is 32.1. The largest absolute Gasteiger partial charge is 0.389 e. The molecule has 0 unspecified atom stereocenters. The van der Waals surface area contributed by atoms with Crippen LogP contribution in [0, 0.1) is 5.82 Å². The van der Waals surface area contributed by atoms with Gasteiger partial charge in [-0.15, -0.1) is 0 Å². The first-order valence-electron chi connectivity index (χ1n) is 6.09. The van der Waals surface area contributed by atoms with Crippen LogP contribution in [0.4, 0.5) is 4.39 Å². The van der Waals surface area contributed by atoms with Crippen molar-refractivity contribution in [3.63, 3.8) is 0 Å². The van der Waals surface area contributed by atoms with E-state index in [1.165, 1.54) is 12.1 Å². The predicted molar refractivity (Wildman–Crippen MR) is 77.6 cm³/mol. The van der Waals surface area contributed by atoms with Crippen LogP contribution in [0.5, 0.6) is 0 Å². The number of benzene rings is 1. The molecule has 0 atom stereocenters. The quantitative estimate of drug-likeness (QED) is 0.645. The van der Waals surface area contributed by atoms with Gasteiger partial charge in [-0.3, -0.25) is 0 Å². The fraction of sp³-hybridized carbons (Fsp3) is 0.500. The molecule has 19 heavy (non-hydrogen) atoms. The minimum absolute atomic E-state index is 0.188. The van der Waals surface area contributed by atoms with E-state index in [4.69, 9.17) is 27.4 Å². The Kier molecular flexibility index (Phi) is 5.85. The maximum atomic E-state index is 13.2. The number of hydrogen-bond donors (Lipinski definition) is 1. The smallest absolute Gasteiger partial charge is 0.123 e. The second-order valence-corrected chi connectivity index (χ2v) is 5.62. The zero-order valence-electron chi connectivity index (χ0n) is 11.5. The molecule has 0 aromatic heterocycles. The Morgan fingerprint density at radius 1 is 1.32 bits per heavy atom. The summed E-state index contributed by atoms with van der Waals surface area (Å²) in [5.41, 5.74) is 6.69. The zero-order valence-corrected chi connectivity index (χ0v) is 12.3. The summed E-state index contributed by atoms with van der Waals surface area (Å²) in [6.07, 6.45) is 0. The van der Waals surface area contributed by atoms with Crippen molar-refractivity contribution in [1.29, 1.82) is 0 Å². The summed E-state index contributed by atoms with van der Waals surface area (Å²) in [5.74, 6) is -0.329. The normalized spacial score (nSPS) is 11.6. The van der Waals surface area contributed by atoms with Gasteiger partial charge in [-0.1, -0.05) is 12.2 Å². The molecular weight excluding hydrogens is 265 g/mol. The van der Waals surface area contributed by atoms with E-state index in [2.05, 4.69) is 0 Å². The van der Waals surface area contributed by atoms with Gasteiger partial charge in [0.15, 0.2) is 0 Å². The molecule has 1 aromatic rings. The molecule has 0 saturated carbocycles. The lowest BCUT2D eigenvalue weighted by Crippen LogP contribution is -2.22. The highest BCUT2D eigenvalue weighted by Gasteiger charge is 2.10. The Morgan fingerprint density at radius 3 is 2.58 bits per heavy atom. The molecule has 0 aliphatic rings. The maximum Gasteiger partial charge on any atom is 0.123 e. The van der Waals surface area contributed by atoms with Gasteiger partial charge in [-0.05, 0) is 44.5 Å². The molecule has 5 heteroatoms. The van der Waals surface area contributed by atoms with Crippen LogP contribution in [0.2, 0.25) is 0 Å². The van der Waals surface area contributed by atoms with Crippen molar-refractivity contribution in [2.75, 3.05) is 13.2 Å². The van der Waals surface area contributed by atoms with Gasteiger partial charge in [0.25, 0.3) is 0 Å². The molecular formula is C14H20FNO2S. The Balaban J connectivity index is 2.49. The second-order valence-electron chi connectivity index (χ2n) is 5.18. The van der Waals surface area contributed by atoms with Gasteiger partial charge in [-0.25, -0.2) is 4.39 Å². The lowest BCUT2D eigenvalue weighted by atomic mass is 10.1. The summed E-state index contributed by atoms with van der Waals surface area (Å²) >= 11 is 4.92. The molecule has 0 fully saturated rings. The molecule has 0 aliphatic carbocycles. The van der Waals surface area contributed by atoms with E-state index >= 15 is 0 Å². The molecule has 0 amide bonds. The number of hydrogen-bond acceptors (Lipinski definition) is 3. The number of ether oxygens (including phenoxy) is 2. The first kappa shape index (κ1) is 16.0. The van der Waals surface area contributed by atoms with Crippen LogP contribution in [0.3, 0.4) is 0 Å². The SMILES string of the molecule is CC(C)(C)OCCOCc1cc(F)ccc1C(N)=S. The number of nitrogens with two attached hydrogens (primary N) is 1. The van der Waals surface area contributed by atoms with Gasteiger partial charge in [0.05, 0.1) is 25.4 Å². The third-order valence-corrected chi connectivity index (χ3v) is 2.57. The van der Waals surface area contributed by atoms with E-state index in [-0.39, 0.29) is 23.0 Å². The van der Waals surface area contributed by atoms with Crippen LogP contribution in [0.1, 0.15) is 31.9 Å². The monoisotopic (exact) mass is 285 g/mol. The van der Waals surface area contributed by atoms with Gasteiger partial charge in [0.2, 0.25) is 0 Å². The molecule has 0 aliphatic heterocycles. The second kappa shape index (κ2) is 6.93. The summed E-state index contributed by atoms with van der Waals surface area (Å²) in [4.78, 5) is 0.240. The van der Waals surface area contributed by atoms with Crippen molar-refractivity contribution in [1.82, 2.24) is 0 Å². The third-order valence-electron chi connectivity index (χ3n) is 2.35. The molecule has 0 saturated heterocycles. The first-order chi connectivity index (χ1) is 8.79. The minimum Gasteiger partial charge on any atom is -0.389 e. The van der Waals surface area contributed by atoms with Crippen molar-refractivity contribution in [2.45, 2.75) is 33.0 Å². The van der Waals surface area contributed by atoms with E-state index in [0.717, 1.165) is 0 Å². The average Bonchev–Trinajstić information content (AvgIpc) is 2.26. The van der Waals surface area contributed by atoms with Gasteiger partial charge >= 0.3 is 0 Å². The standard InChI is InChI=1S/C14H20FNO2S/c1-14(2,3)18-7-6-17-9-10-8-11(15)4-5-12(10)13(16)19/h4-5,8H,6-7,9H2,1-3H3,(H2,16,19). The molecule has 0 spiro atoms. The molecule has 0 heterocycles. The highest BCUT2D eigenvalue weighted by molar-refractivity contribution is 7.80. The van der Waals surface area contributed by atoms with Gasteiger partial charge in [-0.2, -0.15) is 0 Å². The molecule has 2 N–H and O–H groups in total. The van der Waals surface area contributed by atoms with Crippen LogP contribution in [-0.2, 0) is 16.1 Å². The number of thiocarbonyl (C=S) groups is 1. The molecule has 1 aromatic carbocycles. The van der Waals surface area contributed by atoms with Crippen LogP contribution in [0.15, 0.2) is 18.2 Å². The zero-order chi connectivity index (χ0) is 14.5. The maximum absolute atomic E-state index is 13.2. The fourth-order valence-corrected chi connectivity index (χ4v) is 1.71. The Labute approximate surface area is 118 Å². The summed E-state index contributed by atoms with van der Waals surface area (Å²) in [7, 11) is 0. The summed E-state index contributed by atoms with van der Waals surface area (Å²) < 4.78 is 24.2. The number of halogens is 1. The van der Waals surface area contributed by atoms with Crippen molar-refractivity contribution in [3.05, 3.63) is 35.1 Å². The average molecular weight is 285 g/mol. The van der Waals surface area contributed by atoms with E-state index in [1.807, 2.05) is 20.8 Å². The van der Waals surface area contributed by atoms with Gasteiger partial charge < -0.3 is 15.2 Å². The van der Waals surface area contributed by atoms with Gasteiger partial charge in [0.1, 0.15) is 10.8 Å². The van der Waals surface area contributed by atoms with Crippen molar-refractivity contribution >= 4 is 17.2 Å². The highest BCUT2D eigenvalue weighted by Crippen LogP contribution is 2.13. The Morgan fingerprint density at radius 2 is 2.00 bits per heavy atom. The third kappa shape index (κ3) is 6.09. The van der Waals surface area contributed by atoms with Crippen LogP contribution < -0.4 is 5.73 Å². The van der Waals surface area contributed by atoms with Crippen LogP contribution in [0.25, 0.3) is 0 Å². The fourth-order valence-electron chi connectivity index (χ4n) is 1.51. The molecule has 106 valence electrons.